The predicted molar refractivity (Wildman–Crippen MR) is 64.7 cm³/mol. The van der Waals surface area contributed by atoms with Crippen LogP contribution in [0.15, 0.2) is 31.0 Å². The predicted octanol–water partition coefficient (Wildman–Crippen LogP) is 1.72. The molecule has 0 amide bonds. The van der Waals surface area contributed by atoms with Gasteiger partial charge >= 0.3 is 0 Å². The lowest BCUT2D eigenvalue weighted by Crippen LogP contribution is -2.48. The van der Waals surface area contributed by atoms with Gasteiger partial charge in [0, 0.05) is 18.9 Å². The second kappa shape index (κ2) is 6.33. The summed E-state index contributed by atoms with van der Waals surface area (Å²) in [5.74, 6) is 0. The van der Waals surface area contributed by atoms with E-state index in [1.54, 1.807) is 18.7 Å². The Bertz CT molecular complexity index is 277. The minimum Gasteiger partial charge on any atom is -0.362 e. The van der Waals surface area contributed by atoms with Crippen LogP contribution >= 0.6 is 0 Å². The molecule has 0 saturated carbocycles. The van der Waals surface area contributed by atoms with E-state index in [4.69, 9.17) is 0 Å². The maximum atomic E-state index is 3.67. The molecule has 1 atom stereocenters. The molecule has 3 heterocycles. The Morgan fingerprint density at radius 1 is 1.31 bits per heavy atom. The van der Waals surface area contributed by atoms with Crippen LogP contribution in [-0.2, 0) is 0 Å². The van der Waals surface area contributed by atoms with Crippen LogP contribution in [0.25, 0.3) is 0 Å². The fourth-order valence-corrected chi connectivity index (χ4v) is 2.10. The molecule has 2 aliphatic heterocycles. The normalized spacial score (nSPS) is 24.0. The first-order valence-electron chi connectivity index (χ1n) is 6.05. The lowest BCUT2D eigenvalue weighted by molar-refractivity contribution is 0.184. The monoisotopic (exact) mass is 220 g/mol. The summed E-state index contributed by atoms with van der Waals surface area (Å²) < 4.78 is 0. The fourth-order valence-electron chi connectivity index (χ4n) is 2.10. The number of nitrogens with zero attached hydrogens (tertiary/aromatic N) is 2. The van der Waals surface area contributed by atoms with Crippen molar-refractivity contribution in [2.24, 2.45) is 0 Å². The third kappa shape index (κ3) is 3.38. The topological polar surface area (TPSA) is 44.0 Å². The van der Waals surface area contributed by atoms with Crippen LogP contribution < -0.4 is 5.32 Å². The molecular formula is C12H20N4. The summed E-state index contributed by atoms with van der Waals surface area (Å²) in [5, 5.41) is 3.54. The molecule has 2 N–H and O–H groups in total. The molecule has 1 saturated heterocycles. The van der Waals surface area contributed by atoms with E-state index in [9.17, 15) is 0 Å². The summed E-state index contributed by atoms with van der Waals surface area (Å²) in [6.45, 7) is 2.45. The van der Waals surface area contributed by atoms with Gasteiger partial charge < -0.3 is 9.88 Å². The van der Waals surface area contributed by atoms with Crippen molar-refractivity contribution >= 4 is 0 Å². The molecule has 0 radical (unpaired) electrons. The van der Waals surface area contributed by atoms with Gasteiger partial charge in [-0.3, -0.25) is 5.32 Å². The molecule has 1 unspecified atom stereocenters. The van der Waals surface area contributed by atoms with Crippen LogP contribution in [0.4, 0.5) is 0 Å². The number of aromatic amines is 1. The number of hydrogen-bond acceptors (Lipinski definition) is 3. The van der Waals surface area contributed by atoms with Crippen LogP contribution in [0.2, 0.25) is 0 Å². The summed E-state index contributed by atoms with van der Waals surface area (Å²) in [6.07, 6.45) is 15.5. The average molecular weight is 220 g/mol. The Balaban J connectivity index is 0.000000162. The zero-order chi connectivity index (χ0) is 11.1. The van der Waals surface area contributed by atoms with E-state index in [0.29, 0.717) is 6.17 Å². The largest absolute Gasteiger partial charge is 0.362 e. The van der Waals surface area contributed by atoms with E-state index in [0.717, 1.165) is 0 Å². The van der Waals surface area contributed by atoms with Crippen molar-refractivity contribution in [1.82, 2.24) is 20.2 Å². The number of fused-ring (bicyclic) bond motifs is 1. The minimum atomic E-state index is 0.641. The number of rotatable bonds is 0. The van der Waals surface area contributed by atoms with Gasteiger partial charge in [-0.15, -0.1) is 0 Å². The molecular weight excluding hydrogens is 200 g/mol. The molecule has 88 valence electrons. The molecule has 0 spiro atoms. The van der Waals surface area contributed by atoms with Gasteiger partial charge in [0.05, 0.1) is 12.5 Å². The van der Waals surface area contributed by atoms with Crippen LogP contribution in [0, 0.1) is 0 Å². The van der Waals surface area contributed by atoms with Crippen molar-refractivity contribution in [3.8, 4) is 0 Å². The van der Waals surface area contributed by atoms with Crippen molar-refractivity contribution in [3.63, 3.8) is 0 Å². The standard InChI is InChI=1S/C9H16N2.C3H4N2/c1-2-5-9-10-6-4-8-11(9)7-3-1;1-2-5-3-4-1/h3,7,9-10H,1-2,4-6,8H2;1-3H,(H,4,5). The van der Waals surface area contributed by atoms with Gasteiger partial charge in [-0.25, -0.2) is 4.98 Å². The third-order valence-electron chi connectivity index (χ3n) is 2.92. The van der Waals surface area contributed by atoms with Gasteiger partial charge in [0.2, 0.25) is 0 Å². The zero-order valence-electron chi connectivity index (χ0n) is 9.60. The van der Waals surface area contributed by atoms with Crippen LogP contribution in [-0.4, -0.2) is 34.1 Å². The average Bonchev–Trinajstić information content (AvgIpc) is 2.81. The van der Waals surface area contributed by atoms with Crippen molar-refractivity contribution in [2.45, 2.75) is 31.8 Å². The lowest BCUT2D eigenvalue weighted by atomic mass is 10.2. The fraction of sp³-hybridized carbons (Fsp3) is 0.583. The highest BCUT2D eigenvalue weighted by atomic mass is 15.3. The first-order valence-corrected chi connectivity index (χ1v) is 6.05. The molecule has 0 aliphatic carbocycles. The summed E-state index contributed by atoms with van der Waals surface area (Å²) in [6, 6.07) is 0. The second-order valence-corrected chi connectivity index (χ2v) is 4.14. The SMILES string of the molecule is C1=CN2CCCNC2CCC1.c1c[nH]cn1. The molecule has 3 rings (SSSR count). The van der Waals surface area contributed by atoms with E-state index in [1.165, 1.54) is 38.8 Å². The number of nitrogens with one attached hydrogen (secondary N) is 2. The molecule has 4 nitrogen and oxygen atoms in total. The van der Waals surface area contributed by atoms with Gasteiger partial charge in [-0.2, -0.15) is 0 Å². The van der Waals surface area contributed by atoms with E-state index >= 15 is 0 Å². The van der Waals surface area contributed by atoms with E-state index in [-0.39, 0.29) is 0 Å². The Morgan fingerprint density at radius 3 is 3.06 bits per heavy atom. The van der Waals surface area contributed by atoms with Gasteiger partial charge in [-0.1, -0.05) is 6.08 Å². The molecule has 1 aromatic heterocycles. The second-order valence-electron chi connectivity index (χ2n) is 4.14. The molecule has 4 heteroatoms. The van der Waals surface area contributed by atoms with Gasteiger partial charge in [0.1, 0.15) is 0 Å². The Hall–Kier alpha value is -1.29. The molecule has 16 heavy (non-hydrogen) atoms. The quantitative estimate of drug-likeness (QED) is 0.699. The maximum Gasteiger partial charge on any atom is 0.0919 e. The van der Waals surface area contributed by atoms with Crippen molar-refractivity contribution in [3.05, 3.63) is 31.0 Å². The van der Waals surface area contributed by atoms with Crippen LogP contribution in [0.5, 0.6) is 0 Å². The Kier molecular flexibility index (Phi) is 4.43. The lowest BCUT2D eigenvalue weighted by Gasteiger charge is -2.34. The third-order valence-corrected chi connectivity index (χ3v) is 2.92. The highest BCUT2D eigenvalue weighted by molar-refractivity contribution is 4.91. The Morgan fingerprint density at radius 2 is 2.31 bits per heavy atom. The van der Waals surface area contributed by atoms with Crippen molar-refractivity contribution in [2.75, 3.05) is 13.1 Å². The van der Waals surface area contributed by atoms with Gasteiger partial charge in [0.15, 0.2) is 0 Å². The highest BCUT2D eigenvalue weighted by Gasteiger charge is 2.19. The van der Waals surface area contributed by atoms with Gasteiger partial charge in [-0.05, 0) is 38.4 Å². The maximum absolute atomic E-state index is 3.67. The highest BCUT2D eigenvalue weighted by Crippen LogP contribution is 2.15. The molecule has 0 aromatic carbocycles. The summed E-state index contributed by atoms with van der Waals surface area (Å²) >= 11 is 0. The first kappa shape index (κ1) is 11.2. The molecule has 1 aromatic rings. The van der Waals surface area contributed by atoms with Crippen LogP contribution in [0.1, 0.15) is 25.7 Å². The number of allylic oxidation sites excluding steroid dienone is 1. The summed E-state index contributed by atoms with van der Waals surface area (Å²) in [4.78, 5) is 8.86. The zero-order valence-corrected chi connectivity index (χ0v) is 9.60. The Labute approximate surface area is 96.8 Å². The summed E-state index contributed by atoms with van der Waals surface area (Å²) in [7, 11) is 0. The number of hydrogen-bond donors (Lipinski definition) is 2. The van der Waals surface area contributed by atoms with E-state index in [2.05, 4.69) is 32.5 Å². The van der Waals surface area contributed by atoms with Crippen molar-refractivity contribution in [1.29, 1.82) is 0 Å². The van der Waals surface area contributed by atoms with Gasteiger partial charge in [0.25, 0.3) is 0 Å². The molecule has 0 bridgehead atoms. The first-order chi connectivity index (χ1) is 7.97. The van der Waals surface area contributed by atoms with Crippen molar-refractivity contribution < 1.29 is 0 Å². The molecule has 1 fully saturated rings. The van der Waals surface area contributed by atoms with E-state index in [1.807, 2.05) is 0 Å². The number of H-pyrrole nitrogens is 1. The van der Waals surface area contributed by atoms with E-state index < -0.39 is 0 Å². The molecule has 2 aliphatic rings. The number of imidazole rings is 1. The minimum absolute atomic E-state index is 0.641. The smallest absolute Gasteiger partial charge is 0.0919 e. The summed E-state index contributed by atoms with van der Waals surface area (Å²) in [5.41, 5.74) is 0. The number of aromatic nitrogens is 2. The van der Waals surface area contributed by atoms with Crippen LogP contribution in [0.3, 0.4) is 0 Å².